The van der Waals surface area contributed by atoms with Crippen LogP contribution in [0, 0.1) is 17.8 Å². The summed E-state index contributed by atoms with van der Waals surface area (Å²) in [4.78, 5) is 39.9. The summed E-state index contributed by atoms with van der Waals surface area (Å²) in [6.45, 7) is 8.49. The third kappa shape index (κ3) is 4.14. The first-order valence-electron chi connectivity index (χ1n) is 11.0. The van der Waals surface area contributed by atoms with Gasteiger partial charge in [-0.1, -0.05) is 45.9 Å². The Morgan fingerprint density at radius 3 is 2.32 bits per heavy atom. The summed E-state index contributed by atoms with van der Waals surface area (Å²) >= 11 is 0. The Morgan fingerprint density at radius 1 is 0.968 bits per heavy atom. The van der Waals surface area contributed by atoms with Crippen molar-refractivity contribution in [1.82, 2.24) is 0 Å². The number of carbonyl (C=O) groups is 3. The first-order chi connectivity index (χ1) is 14.6. The van der Waals surface area contributed by atoms with Crippen LogP contribution in [0.2, 0.25) is 0 Å². The zero-order chi connectivity index (χ0) is 22.3. The van der Waals surface area contributed by atoms with Gasteiger partial charge >= 0.3 is 5.97 Å². The number of nitrogens with zero attached hydrogens (tertiary/aromatic N) is 1. The number of ether oxygens (including phenoxy) is 1. The van der Waals surface area contributed by atoms with Gasteiger partial charge in [-0.15, -0.1) is 0 Å². The molecular formula is C26H29NO4. The molecule has 5 heteroatoms. The van der Waals surface area contributed by atoms with E-state index in [1.54, 1.807) is 36.4 Å². The van der Waals surface area contributed by atoms with Crippen molar-refractivity contribution in [2.75, 3.05) is 4.90 Å². The molecule has 2 aliphatic rings. The molecule has 1 aliphatic heterocycles. The number of imide groups is 1. The highest BCUT2D eigenvalue weighted by Crippen LogP contribution is 2.42. The fourth-order valence-electron chi connectivity index (χ4n) is 4.61. The summed E-state index contributed by atoms with van der Waals surface area (Å²) in [5, 5.41) is 0. The zero-order valence-corrected chi connectivity index (χ0v) is 18.6. The lowest BCUT2D eigenvalue weighted by molar-refractivity contribution is -0.122. The van der Waals surface area contributed by atoms with Crippen LogP contribution in [0.25, 0.3) is 0 Å². The Bertz CT molecular complexity index is 1020. The quantitative estimate of drug-likeness (QED) is 0.393. The maximum atomic E-state index is 13.0. The van der Waals surface area contributed by atoms with Crippen LogP contribution in [-0.2, 0) is 15.0 Å². The van der Waals surface area contributed by atoms with Crippen LogP contribution in [0.5, 0.6) is 5.75 Å². The highest BCUT2D eigenvalue weighted by atomic mass is 16.5. The van der Waals surface area contributed by atoms with Crippen LogP contribution in [0.15, 0.2) is 48.5 Å². The van der Waals surface area contributed by atoms with Gasteiger partial charge in [-0.2, -0.15) is 0 Å². The molecule has 0 radical (unpaired) electrons. The summed E-state index contributed by atoms with van der Waals surface area (Å²) < 4.78 is 5.52. The number of esters is 1. The fourth-order valence-corrected chi connectivity index (χ4v) is 4.61. The number of hydrogen-bond acceptors (Lipinski definition) is 4. The summed E-state index contributed by atoms with van der Waals surface area (Å²) in [6.07, 6.45) is 2.46. The van der Waals surface area contributed by atoms with Crippen molar-refractivity contribution in [1.29, 1.82) is 0 Å². The van der Waals surface area contributed by atoms with Gasteiger partial charge in [0.15, 0.2) is 0 Å². The second kappa shape index (κ2) is 7.95. The minimum absolute atomic E-state index is 0.0145. The Labute approximate surface area is 183 Å². The van der Waals surface area contributed by atoms with Gasteiger partial charge < -0.3 is 4.74 Å². The smallest absolute Gasteiger partial charge is 0.343 e. The number of benzene rings is 2. The molecule has 4 rings (SSSR count). The SMILES string of the molecule is C[C@@H]1CC[C@H]2C(=O)N(c3cccc(C(=O)Oc4ccc(C(C)(C)C)cc4)c3)C(=O)[C@@H]2C1. The first-order valence-corrected chi connectivity index (χ1v) is 11.0. The van der Waals surface area contributed by atoms with Gasteiger partial charge in [0.25, 0.3) is 0 Å². The lowest BCUT2D eigenvalue weighted by atomic mass is 9.76. The van der Waals surface area contributed by atoms with Crippen LogP contribution in [0.4, 0.5) is 5.69 Å². The molecule has 2 aromatic carbocycles. The predicted molar refractivity (Wildman–Crippen MR) is 119 cm³/mol. The van der Waals surface area contributed by atoms with E-state index >= 15 is 0 Å². The molecular weight excluding hydrogens is 390 g/mol. The van der Waals surface area contributed by atoms with Crippen molar-refractivity contribution in [3.8, 4) is 5.75 Å². The van der Waals surface area contributed by atoms with Crippen LogP contribution < -0.4 is 9.64 Å². The molecule has 2 amide bonds. The normalized spacial score (nSPS) is 23.6. The maximum absolute atomic E-state index is 13.0. The van der Waals surface area contributed by atoms with E-state index in [0.29, 0.717) is 22.9 Å². The monoisotopic (exact) mass is 419 g/mol. The maximum Gasteiger partial charge on any atom is 0.343 e. The fraction of sp³-hybridized carbons (Fsp3) is 0.423. The molecule has 0 aromatic heterocycles. The molecule has 1 saturated heterocycles. The lowest BCUT2D eigenvalue weighted by Crippen LogP contribution is -2.31. The molecule has 31 heavy (non-hydrogen) atoms. The molecule has 2 fully saturated rings. The Morgan fingerprint density at radius 2 is 1.65 bits per heavy atom. The van der Waals surface area contributed by atoms with Crippen molar-refractivity contribution in [3.05, 3.63) is 59.7 Å². The standard InChI is InChI=1S/C26H29NO4/c1-16-8-13-21-22(14-16)24(29)27(23(21)28)19-7-5-6-17(15-19)25(30)31-20-11-9-18(10-12-20)26(2,3)4/h5-7,9-12,15-16,21-22H,8,13-14H2,1-4H3/t16-,21-,22-/m1/s1. The number of amides is 2. The van der Waals surface area contributed by atoms with E-state index in [0.717, 1.165) is 24.8 Å². The van der Waals surface area contributed by atoms with Gasteiger partial charge in [-0.3, -0.25) is 14.5 Å². The third-order valence-electron chi connectivity index (χ3n) is 6.46. The van der Waals surface area contributed by atoms with Crippen LogP contribution in [0.3, 0.4) is 0 Å². The second-order valence-electron chi connectivity index (χ2n) is 9.86. The van der Waals surface area contributed by atoms with E-state index in [4.69, 9.17) is 4.74 Å². The first kappa shape index (κ1) is 21.3. The van der Waals surface area contributed by atoms with E-state index in [1.807, 2.05) is 12.1 Å². The predicted octanol–water partition coefficient (Wildman–Crippen LogP) is 5.13. The van der Waals surface area contributed by atoms with Crippen molar-refractivity contribution in [3.63, 3.8) is 0 Å². The highest BCUT2D eigenvalue weighted by Gasteiger charge is 2.50. The summed E-state index contributed by atoms with van der Waals surface area (Å²) in [5.41, 5.74) is 1.91. The van der Waals surface area contributed by atoms with Crippen LogP contribution >= 0.6 is 0 Å². The van der Waals surface area contributed by atoms with Crippen molar-refractivity contribution in [2.45, 2.75) is 52.4 Å². The Balaban J connectivity index is 1.52. The molecule has 0 unspecified atom stereocenters. The number of carbonyl (C=O) groups excluding carboxylic acids is 3. The van der Waals surface area contributed by atoms with Crippen LogP contribution in [-0.4, -0.2) is 17.8 Å². The molecule has 1 heterocycles. The molecule has 162 valence electrons. The van der Waals surface area contributed by atoms with E-state index in [-0.39, 0.29) is 29.1 Å². The van der Waals surface area contributed by atoms with Crippen LogP contribution in [0.1, 0.15) is 62.9 Å². The number of hydrogen-bond donors (Lipinski definition) is 0. The Kier molecular flexibility index (Phi) is 5.46. The molecule has 0 bridgehead atoms. The molecule has 1 aliphatic carbocycles. The van der Waals surface area contributed by atoms with Gasteiger partial charge in [0, 0.05) is 0 Å². The summed E-state index contributed by atoms with van der Waals surface area (Å²) in [5.74, 6) is -0.389. The number of fused-ring (bicyclic) bond motifs is 1. The average Bonchev–Trinajstić information content (AvgIpc) is 2.97. The van der Waals surface area contributed by atoms with E-state index in [2.05, 4.69) is 27.7 Å². The van der Waals surface area contributed by atoms with E-state index in [9.17, 15) is 14.4 Å². The van der Waals surface area contributed by atoms with Crippen molar-refractivity contribution < 1.29 is 19.1 Å². The molecule has 3 atom stereocenters. The summed E-state index contributed by atoms with van der Waals surface area (Å²) in [7, 11) is 0. The molecule has 2 aromatic rings. The Hall–Kier alpha value is -2.95. The second-order valence-corrected chi connectivity index (χ2v) is 9.86. The third-order valence-corrected chi connectivity index (χ3v) is 6.46. The van der Waals surface area contributed by atoms with Gasteiger partial charge in [0.2, 0.25) is 11.8 Å². The molecule has 1 saturated carbocycles. The number of rotatable bonds is 3. The van der Waals surface area contributed by atoms with Crippen molar-refractivity contribution in [2.24, 2.45) is 17.8 Å². The summed E-state index contributed by atoms with van der Waals surface area (Å²) in [6, 6.07) is 14.0. The molecule has 0 spiro atoms. The molecule has 5 nitrogen and oxygen atoms in total. The van der Waals surface area contributed by atoms with Crippen molar-refractivity contribution >= 4 is 23.5 Å². The van der Waals surface area contributed by atoms with Gasteiger partial charge in [-0.05, 0) is 66.5 Å². The minimum atomic E-state index is -0.518. The lowest BCUT2D eigenvalue weighted by Gasteiger charge is -2.25. The largest absolute Gasteiger partial charge is 0.423 e. The topological polar surface area (TPSA) is 63.7 Å². The van der Waals surface area contributed by atoms with Gasteiger partial charge in [-0.25, -0.2) is 4.79 Å². The van der Waals surface area contributed by atoms with Gasteiger partial charge in [0.05, 0.1) is 23.1 Å². The van der Waals surface area contributed by atoms with E-state index in [1.165, 1.54) is 4.90 Å². The highest BCUT2D eigenvalue weighted by molar-refractivity contribution is 6.22. The number of anilines is 1. The van der Waals surface area contributed by atoms with E-state index < -0.39 is 5.97 Å². The van der Waals surface area contributed by atoms with Gasteiger partial charge in [0.1, 0.15) is 5.75 Å². The molecule has 0 N–H and O–H groups in total. The zero-order valence-electron chi connectivity index (χ0n) is 18.6. The minimum Gasteiger partial charge on any atom is -0.423 e. The average molecular weight is 420 g/mol.